The van der Waals surface area contributed by atoms with Crippen LogP contribution < -0.4 is 0 Å². The average molecular weight is 461 g/mol. The number of carbonyl (C=O) groups excluding carboxylic acids is 1. The van der Waals surface area contributed by atoms with Crippen molar-refractivity contribution in [3.05, 3.63) is 47.1 Å². The fourth-order valence-electron chi connectivity index (χ4n) is 4.24. The Morgan fingerprint density at radius 3 is 2.74 bits per heavy atom. The molecule has 1 atom stereocenters. The molecule has 1 unspecified atom stereocenters. The summed E-state index contributed by atoms with van der Waals surface area (Å²) in [5.74, 6) is 0.472. The maximum atomic E-state index is 13.2. The predicted molar refractivity (Wildman–Crippen MR) is 122 cm³/mol. The molecule has 0 spiro atoms. The number of rotatable bonds is 6. The second-order valence-electron chi connectivity index (χ2n) is 8.02. The van der Waals surface area contributed by atoms with Gasteiger partial charge in [0.05, 0.1) is 23.5 Å². The van der Waals surface area contributed by atoms with Crippen molar-refractivity contribution in [3.63, 3.8) is 0 Å². The number of para-hydroxylation sites is 2. The standard InChI is InChI=1S/C22H28N4O3S2/c1-4-26-19-10-6-5-9-18(19)23-20(26)15-24(3)22(27)17-8-7-13-25(14-17)31(28,29)21-12-11-16(2)30-21/h5-6,9-12,17H,4,7-8,13-15H2,1-3H3. The largest absolute Gasteiger partial charge is 0.338 e. The number of hydrogen-bond donors (Lipinski definition) is 0. The lowest BCUT2D eigenvalue weighted by Crippen LogP contribution is -2.45. The Morgan fingerprint density at radius 1 is 1.26 bits per heavy atom. The molecule has 4 rings (SSSR count). The molecule has 7 nitrogen and oxygen atoms in total. The van der Waals surface area contributed by atoms with Crippen LogP contribution in [-0.4, -0.2) is 53.2 Å². The van der Waals surface area contributed by atoms with E-state index < -0.39 is 10.0 Å². The van der Waals surface area contributed by atoms with Crippen molar-refractivity contribution in [1.29, 1.82) is 0 Å². The van der Waals surface area contributed by atoms with E-state index in [1.54, 1.807) is 18.0 Å². The zero-order valence-corrected chi connectivity index (χ0v) is 19.7. The third-order valence-corrected chi connectivity index (χ3v) is 9.18. The number of aromatic nitrogens is 2. The van der Waals surface area contributed by atoms with E-state index in [9.17, 15) is 13.2 Å². The number of amides is 1. The number of thiophene rings is 1. The van der Waals surface area contributed by atoms with E-state index in [4.69, 9.17) is 4.98 Å². The van der Waals surface area contributed by atoms with Crippen LogP contribution in [0.3, 0.4) is 0 Å². The molecule has 0 bridgehead atoms. The lowest BCUT2D eigenvalue weighted by atomic mass is 9.98. The summed E-state index contributed by atoms with van der Waals surface area (Å²) in [7, 11) is -1.78. The van der Waals surface area contributed by atoms with Gasteiger partial charge < -0.3 is 9.47 Å². The molecule has 1 aliphatic heterocycles. The van der Waals surface area contributed by atoms with Crippen LogP contribution in [0, 0.1) is 12.8 Å². The van der Waals surface area contributed by atoms with Gasteiger partial charge in [-0.3, -0.25) is 4.79 Å². The molecule has 31 heavy (non-hydrogen) atoms. The van der Waals surface area contributed by atoms with E-state index in [1.165, 1.54) is 15.6 Å². The van der Waals surface area contributed by atoms with Crippen LogP contribution in [0.1, 0.15) is 30.5 Å². The summed E-state index contributed by atoms with van der Waals surface area (Å²) in [6, 6.07) is 11.4. The Morgan fingerprint density at radius 2 is 2.03 bits per heavy atom. The summed E-state index contributed by atoms with van der Waals surface area (Å²) in [6.07, 6.45) is 1.38. The minimum Gasteiger partial charge on any atom is -0.338 e. The van der Waals surface area contributed by atoms with Gasteiger partial charge in [-0.1, -0.05) is 12.1 Å². The number of fused-ring (bicyclic) bond motifs is 1. The number of nitrogens with zero attached hydrogens (tertiary/aromatic N) is 4. The van der Waals surface area contributed by atoms with E-state index in [2.05, 4.69) is 11.5 Å². The van der Waals surface area contributed by atoms with Gasteiger partial charge in [0.2, 0.25) is 5.91 Å². The van der Waals surface area contributed by atoms with E-state index in [0.717, 1.165) is 28.3 Å². The summed E-state index contributed by atoms with van der Waals surface area (Å²) in [5, 5.41) is 0. The highest BCUT2D eigenvalue weighted by atomic mass is 32.2. The van der Waals surface area contributed by atoms with E-state index in [-0.39, 0.29) is 18.4 Å². The van der Waals surface area contributed by atoms with Crippen molar-refractivity contribution in [1.82, 2.24) is 18.8 Å². The first-order chi connectivity index (χ1) is 14.8. The quantitative estimate of drug-likeness (QED) is 0.564. The normalized spacial score (nSPS) is 17.8. The van der Waals surface area contributed by atoms with Crippen LogP contribution in [0.25, 0.3) is 11.0 Å². The van der Waals surface area contributed by atoms with Crippen LogP contribution >= 0.6 is 11.3 Å². The van der Waals surface area contributed by atoms with Crippen molar-refractivity contribution in [2.75, 3.05) is 20.1 Å². The fraction of sp³-hybridized carbons (Fsp3) is 0.455. The Hall–Kier alpha value is -2.23. The SMILES string of the molecule is CCn1c(CN(C)C(=O)C2CCCN(S(=O)(=O)c3ccc(C)s3)C2)nc2ccccc21. The molecule has 1 saturated heterocycles. The first-order valence-corrected chi connectivity index (χ1v) is 12.8. The molecule has 0 N–H and O–H groups in total. The number of carbonyl (C=O) groups is 1. The smallest absolute Gasteiger partial charge is 0.252 e. The van der Waals surface area contributed by atoms with Gasteiger partial charge in [0.1, 0.15) is 10.0 Å². The number of aryl methyl sites for hydroxylation is 2. The molecule has 3 heterocycles. The Labute approximate surface area is 187 Å². The monoisotopic (exact) mass is 460 g/mol. The second-order valence-corrected chi connectivity index (χ2v) is 11.5. The molecule has 0 saturated carbocycles. The van der Waals surface area contributed by atoms with Crippen molar-refractivity contribution in [2.24, 2.45) is 5.92 Å². The first-order valence-electron chi connectivity index (χ1n) is 10.6. The fourth-order valence-corrected chi connectivity index (χ4v) is 7.20. The van der Waals surface area contributed by atoms with E-state index in [1.807, 2.05) is 37.3 Å². The van der Waals surface area contributed by atoms with Crippen LogP contribution in [0.4, 0.5) is 0 Å². The van der Waals surface area contributed by atoms with Crippen LogP contribution in [-0.2, 0) is 27.9 Å². The Kier molecular flexibility index (Phi) is 6.18. The molecule has 9 heteroatoms. The zero-order valence-electron chi connectivity index (χ0n) is 18.1. The Balaban J connectivity index is 1.49. The maximum Gasteiger partial charge on any atom is 0.252 e. The van der Waals surface area contributed by atoms with E-state index >= 15 is 0 Å². The van der Waals surface area contributed by atoms with Gasteiger partial charge in [0.15, 0.2) is 0 Å². The molecule has 1 aliphatic rings. The number of piperidine rings is 1. The lowest BCUT2D eigenvalue weighted by Gasteiger charge is -2.33. The molecule has 1 amide bonds. The lowest BCUT2D eigenvalue weighted by molar-refractivity contribution is -0.136. The van der Waals surface area contributed by atoms with Gasteiger partial charge in [0, 0.05) is 31.6 Å². The van der Waals surface area contributed by atoms with Gasteiger partial charge in [0.25, 0.3) is 10.0 Å². The molecule has 0 aliphatic carbocycles. The van der Waals surface area contributed by atoms with Crippen molar-refractivity contribution in [3.8, 4) is 0 Å². The topological polar surface area (TPSA) is 75.5 Å². The highest BCUT2D eigenvalue weighted by Crippen LogP contribution is 2.29. The summed E-state index contributed by atoms with van der Waals surface area (Å²) in [6.45, 7) is 5.81. The number of imidazole rings is 1. The molecular formula is C22H28N4O3S2. The minimum absolute atomic E-state index is 0.0306. The highest BCUT2D eigenvalue weighted by molar-refractivity contribution is 7.91. The predicted octanol–water partition coefficient (Wildman–Crippen LogP) is 3.49. The van der Waals surface area contributed by atoms with Gasteiger partial charge in [-0.2, -0.15) is 4.31 Å². The summed E-state index contributed by atoms with van der Waals surface area (Å²) in [4.78, 5) is 20.6. The van der Waals surface area contributed by atoms with Crippen LogP contribution in [0.5, 0.6) is 0 Å². The Bertz CT molecular complexity index is 1200. The summed E-state index contributed by atoms with van der Waals surface area (Å²) >= 11 is 1.28. The molecule has 2 aromatic heterocycles. The zero-order chi connectivity index (χ0) is 22.2. The molecular weight excluding hydrogens is 432 g/mol. The van der Waals surface area contributed by atoms with Crippen LogP contribution in [0.2, 0.25) is 0 Å². The minimum atomic E-state index is -3.56. The van der Waals surface area contributed by atoms with Gasteiger partial charge in [-0.25, -0.2) is 13.4 Å². The number of benzene rings is 1. The number of hydrogen-bond acceptors (Lipinski definition) is 5. The van der Waals surface area contributed by atoms with Gasteiger partial charge in [-0.15, -0.1) is 11.3 Å². The van der Waals surface area contributed by atoms with Crippen molar-refractivity contribution >= 4 is 38.3 Å². The van der Waals surface area contributed by atoms with E-state index in [0.29, 0.717) is 30.1 Å². The van der Waals surface area contributed by atoms with Crippen molar-refractivity contribution < 1.29 is 13.2 Å². The second kappa shape index (κ2) is 8.72. The first kappa shape index (κ1) is 22.0. The third-order valence-electron chi connectivity index (χ3n) is 5.85. The summed E-state index contributed by atoms with van der Waals surface area (Å²) < 4.78 is 30.0. The third kappa shape index (κ3) is 4.26. The molecule has 3 aromatic rings. The van der Waals surface area contributed by atoms with Crippen LogP contribution in [0.15, 0.2) is 40.6 Å². The molecule has 166 valence electrons. The maximum absolute atomic E-state index is 13.2. The van der Waals surface area contributed by atoms with Gasteiger partial charge in [-0.05, 0) is 51.0 Å². The molecule has 0 radical (unpaired) electrons. The average Bonchev–Trinajstić information content (AvgIpc) is 3.36. The highest BCUT2D eigenvalue weighted by Gasteiger charge is 2.35. The number of sulfonamides is 1. The van der Waals surface area contributed by atoms with Gasteiger partial charge >= 0.3 is 0 Å². The van der Waals surface area contributed by atoms with Crippen molar-refractivity contribution in [2.45, 2.75) is 44.0 Å². The summed E-state index contributed by atoms with van der Waals surface area (Å²) in [5.41, 5.74) is 1.98. The molecule has 1 fully saturated rings. The molecule has 1 aromatic carbocycles.